The van der Waals surface area contributed by atoms with E-state index in [1.54, 1.807) is 45.3 Å². The summed E-state index contributed by atoms with van der Waals surface area (Å²) >= 11 is 0. The van der Waals surface area contributed by atoms with Crippen molar-refractivity contribution in [2.75, 3.05) is 6.54 Å². The van der Waals surface area contributed by atoms with Gasteiger partial charge < -0.3 is 10.1 Å². The van der Waals surface area contributed by atoms with Gasteiger partial charge in [-0.1, -0.05) is 18.2 Å². The third-order valence-electron chi connectivity index (χ3n) is 5.68. The molecule has 208 valence electrons. The van der Waals surface area contributed by atoms with E-state index in [4.69, 9.17) is 4.74 Å². The maximum Gasteiger partial charge on any atom is 0.407 e. The Bertz CT molecular complexity index is 1540. The number of nitrogens with zero attached hydrogens (tertiary/aromatic N) is 4. The van der Waals surface area contributed by atoms with Crippen LogP contribution in [-0.2, 0) is 17.7 Å². The van der Waals surface area contributed by atoms with Crippen LogP contribution in [0.5, 0.6) is 0 Å². The van der Waals surface area contributed by atoms with Gasteiger partial charge in [0.15, 0.2) is 23.3 Å². The maximum absolute atomic E-state index is 13.7. The highest BCUT2D eigenvalue weighted by atomic mass is 19.2. The molecule has 0 saturated heterocycles. The predicted molar refractivity (Wildman–Crippen MR) is 143 cm³/mol. The summed E-state index contributed by atoms with van der Waals surface area (Å²) in [5.74, 6) is -3.76. The number of rotatable bonds is 8. The molecular formula is C29H28F3N5O3. The molecule has 0 saturated carbocycles. The van der Waals surface area contributed by atoms with Crippen molar-refractivity contribution in [3.63, 3.8) is 0 Å². The van der Waals surface area contributed by atoms with Crippen molar-refractivity contribution in [2.24, 2.45) is 0 Å². The van der Waals surface area contributed by atoms with Crippen LogP contribution in [0.25, 0.3) is 22.6 Å². The van der Waals surface area contributed by atoms with E-state index in [2.05, 4.69) is 20.4 Å². The summed E-state index contributed by atoms with van der Waals surface area (Å²) in [7, 11) is 0. The first kappa shape index (κ1) is 28.5. The Morgan fingerprint density at radius 1 is 0.950 bits per heavy atom. The summed E-state index contributed by atoms with van der Waals surface area (Å²) in [6.07, 6.45) is 4.34. The molecule has 2 aromatic heterocycles. The second-order valence-corrected chi connectivity index (χ2v) is 10.1. The molecule has 4 rings (SSSR count). The fraction of sp³-hybridized carbons (Fsp3) is 0.276. The highest BCUT2D eigenvalue weighted by Crippen LogP contribution is 2.22. The molecule has 8 nitrogen and oxygen atoms in total. The smallest absolute Gasteiger partial charge is 0.407 e. The lowest BCUT2D eigenvalue weighted by Gasteiger charge is -2.19. The molecule has 0 fully saturated rings. The van der Waals surface area contributed by atoms with Gasteiger partial charge >= 0.3 is 6.09 Å². The SMILES string of the molecule is CC(C)(C)OC(=O)NCCCc1cnc(-c2cccc(Cn3nc(-c4cc(F)c(F)c(F)c4)ccc3=O)c2)nc1. The van der Waals surface area contributed by atoms with Gasteiger partial charge in [-0.2, -0.15) is 5.10 Å². The van der Waals surface area contributed by atoms with Crippen LogP contribution >= 0.6 is 0 Å². The highest BCUT2D eigenvalue weighted by Gasteiger charge is 2.16. The van der Waals surface area contributed by atoms with Crippen molar-refractivity contribution >= 4 is 6.09 Å². The Labute approximate surface area is 228 Å². The molecule has 0 spiro atoms. The monoisotopic (exact) mass is 551 g/mol. The number of carbonyl (C=O) groups excluding carboxylic acids is 1. The molecule has 0 radical (unpaired) electrons. The fourth-order valence-electron chi connectivity index (χ4n) is 3.83. The highest BCUT2D eigenvalue weighted by molar-refractivity contribution is 5.67. The number of benzene rings is 2. The van der Waals surface area contributed by atoms with Crippen molar-refractivity contribution in [3.8, 4) is 22.6 Å². The molecule has 0 unspecified atom stereocenters. The number of aromatic nitrogens is 4. The lowest BCUT2D eigenvalue weighted by Crippen LogP contribution is -2.33. The number of alkyl carbamates (subject to hydrolysis) is 1. The average Bonchev–Trinajstić information content (AvgIpc) is 2.90. The summed E-state index contributed by atoms with van der Waals surface area (Å²) in [4.78, 5) is 33.1. The summed E-state index contributed by atoms with van der Waals surface area (Å²) in [5, 5.41) is 6.93. The minimum absolute atomic E-state index is 0.00742. The van der Waals surface area contributed by atoms with E-state index in [1.807, 2.05) is 12.1 Å². The molecule has 0 bridgehead atoms. The quantitative estimate of drug-likeness (QED) is 0.236. The van der Waals surface area contributed by atoms with Crippen LogP contribution in [0.1, 0.15) is 38.3 Å². The average molecular weight is 552 g/mol. The molecule has 0 atom stereocenters. The summed E-state index contributed by atoms with van der Waals surface area (Å²) < 4.78 is 47.1. The molecule has 0 aliphatic rings. The van der Waals surface area contributed by atoms with E-state index in [0.717, 1.165) is 33.5 Å². The van der Waals surface area contributed by atoms with Crippen LogP contribution in [0.3, 0.4) is 0 Å². The van der Waals surface area contributed by atoms with Gasteiger partial charge in [0.25, 0.3) is 5.56 Å². The number of carbonyl (C=O) groups is 1. The van der Waals surface area contributed by atoms with Gasteiger partial charge in [0, 0.05) is 36.1 Å². The van der Waals surface area contributed by atoms with Gasteiger partial charge in [0.2, 0.25) is 0 Å². The van der Waals surface area contributed by atoms with Crippen molar-refractivity contribution in [2.45, 2.75) is 45.8 Å². The van der Waals surface area contributed by atoms with Gasteiger partial charge in [-0.15, -0.1) is 0 Å². The number of hydrogen-bond acceptors (Lipinski definition) is 6. The van der Waals surface area contributed by atoms with Gasteiger partial charge in [-0.05, 0) is 69.0 Å². The Morgan fingerprint density at radius 2 is 1.65 bits per heavy atom. The number of hydrogen-bond donors (Lipinski definition) is 1. The Kier molecular flexibility index (Phi) is 8.61. The second-order valence-electron chi connectivity index (χ2n) is 10.1. The first-order valence-corrected chi connectivity index (χ1v) is 12.6. The van der Waals surface area contributed by atoms with E-state index in [-0.39, 0.29) is 17.8 Å². The van der Waals surface area contributed by atoms with E-state index in [9.17, 15) is 22.8 Å². The Hall–Kier alpha value is -4.54. The molecule has 0 aliphatic carbocycles. The van der Waals surface area contributed by atoms with Crippen LogP contribution in [0, 0.1) is 17.5 Å². The van der Waals surface area contributed by atoms with Crippen molar-refractivity contribution in [3.05, 3.63) is 99.9 Å². The summed E-state index contributed by atoms with van der Waals surface area (Å²) in [5.41, 5.74) is 1.52. The van der Waals surface area contributed by atoms with Crippen LogP contribution in [0.2, 0.25) is 0 Å². The predicted octanol–water partition coefficient (Wildman–Crippen LogP) is 5.29. The zero-order chi connectivity index (χ0) is 28.9. The van der Waals surface area contributed by atoms with Crippen molar-refractivity contribution in [1.82, 2.24) is 25.1 Å². The zero-order valence-corrected chi connectivity index (χ0v) is 22.2. The maximum atomic E-state index is 13.7. The largest absolute Gasteiger partial charge is 0.444 e. The third-order valence-corrected chi connectivity index (χ3v) is 5.68. The lowest BCUT2D eigenvalue weighted by atomic mass is 10.1. The minimum Gasteiger partial charge on any atom is -0.444 e. The molecule has 2 heterocycles. The molecule has 0 aliphatic heterocycles. The van der Waals surface area contributed by atoms with E-state index >= 15 is 0 Å². The Balaban J connectivity index is 1.41. The summed E-state index contributed by atoms with van der Waals surface area (Å²) in [6, 6.07) is 11.5. The van der Waals surface area contributed by atoms with Gasteiger partial charge in [-0.3, -0.25) is 4.79 Å². The van der Waals surface area contributed by atoms with E-state index in [0.29, 0.717) is 25.2 Å². The third kappa shape index (κ3) is 7.52. The first-order valence-electron chi connectivity index (χ1n) is 12.6. The zero-order valence-electron chi connectivity index (χ0n) is 22.2. The first-order chi connectivity index (χ1) is 19.0. The fourth-order valence-corrected chi connectivity index (χ4v) is 3.83. The standard InChI is InChI=1S/C29H28F3N5O3/c1-29(2,3)40-28(39)33-11-5-7-19-15-34-27(35-16-19)20-8-4-6-18(12-20)17-37-25(38)10-9-24(36-37)21-13-22(30)26(32)23(31)14-21/h4,6,8-10,12-16H,5,7,11,17H2,1-3H3,(H,33,39). The minimum atomic E-state index is -1.57. The number of amides is 1. The van der Waals surface area contributed by atoms with Crippen LogP contribution < -0.4 is 10.9 Å². The van der Waals surface area contributed by atoms with E-state index in [1.165, 1.54) is 12.1 Å². The van der Waals surface area contributed by atoms with Crippen LogP contribution in [-0.4, -0.2) is 38.0 Å². The second kappa shape index (κ2) is 12.1. The Morgan fingerprint density at radius 3 is 2.33 bits per heavy atom. The number of aryl methyl sites for hydroxylation is 1. The van der Waals surface area contributed by atoms with Gasteiger partial charge in [0.05, 0.1) is 12.2 Å². The molecular weight excluding hydrogens is 523 g/mol. The van der Waals surface area contributed by atoms with Gasteiger partial charge in [-0.25, -0.2) is 32.6 Å². The number of ether oxygens (including phenoxy) is 1. The van der Waals surface area contributed by atoms with Crippen molar-refractivity contribution < 1.29 is 22.7 Å². The molecule has 40 heavy (non-hydrogen) atoms. The lowest BCUT2D eigenvalue weighted by molar-refractivity contribution is 0.0527. The van der Waals surface area contributed by atoms with Crippen LogP contribution in [0.4, 0.5) is 18.0 Å². The normalized spacial score (nSPS) is 11.3. The molecule has 1 amide bonds. The molecule has 2 aromatic carbocycles. The van der Waals surface area contributed by atoms with Crippen molar-refractivity contribution in [1.29, 1.82) is 0 Å². The molecule has 1 N–H and O–H groups in total. The number of halogens is 3. The van der Waals surface area contributed by atoms with E-state index < -0.39 is 34.7 Å². The topological polar surface area (TPSA) is 99.0 Å². The van der Waals surface area contributed by atoms with Crippen LogP contribution in [0.15, 0.2) is 65.7 Å². The van der Waals surface area contributed by atoms with Gasteiger partial charge in [0.1, 0.15) is 5.60 Å². The summed E-state index contributed by atoms with van der Waals surface area (Å²) in [6.45, 7) is 5.95. The number of nitrogens with one attached hydrogen (secondary N) is 1. The molecule has 11 heteroatoms. The molecule has 4 aromatic rings.